The number of halogens is 6. The van der Waals surface area contributed by atoms with Crippen LogP contribution in [0.5, 0.6) is 17.2 Å². The molecule has 0 aliphatic carbocycles. The Balaban J connectivity index is 1.48. The highest BCUT2D eigenvalue weighted by Crippen LogP contribution is 2.42. The Morgan fingerprint density at radius 1 is 0.889 bits per heavy atom. The molecule has 1 aliphatic heterocycles. The fraction of sp³-hybridized carbons (Fsp3) is 0.278. The monoisotopic (exact) mass is 761 g/mol. The van der Waals surface area contributed by atoms with Crippen molar-refractivity contribution in [3.05, 3.63) is 111 Å². The minimum atomic E-state index is -4.89. The zero-order valence-electron chi connectivity index (χ0n) is 28.7. The first kappa shape index (κ1) is 39.0. The molecule has 54 heavy (non-hydrogen) atoms. The van der Waals surface area contributed by atoms with Crippen LogP contribution in [0.25, 0.3) is 0 Å². The van der Waals surface area contributed by atoms with Gasteiger partial charge in [0.05, 0.1) is 29.7 Å². The Morgan fingerprint density at radius 3 is 2.19 bits per heavy atom. The van der Waals surface area contributed by atoms with Crippen molar-refractivity contribution < 1.29 is 55.4 Å². The number of anilines is 3. The number of carbonyl (C=O) groups is 2. The van der Waals surface area contributed by atoms with Crippen molar-refractivity contribution >= 4 is 34.7 Å². The molecule has 4 aromatic rings. The third-order valence-electron chi connectivity index (χ3n) is 8.55. The molecule has 0 saturated carbocycles. The molecule has 0 atom stereocenters. The molecule has 18 heteroatoms. The molecular weight excluding hydrogens is 728 g/mol. The maximum atomic E-state index is 14.7. The second-order valence-corrected chi connectivity index (χ2v) is 11.9. The quantitative estimate of drug-likeness (QED) is 0.0881. The molecule has 5 rings (SSSR count). The van der Waals surface area contributed by atoms with Crippen molar-refractivity contribution in [2.45, 2.75) is 25.8 Å². The predicted molar refractivity (Wildman–Crippen MR) is 186 cm³/mol. The van der Waals surface area contributed by atoms with E-state index in [4.69, 9.17) is 9.47 Å². The molecule has 1 heterocycles. The van der Waals surface area contributed by atoms with Crippen LogP contribution in [-0.2, 0) is 18.9 Å². The third-order valence-corrected chi connectivity index (χ3v) is 8.55. The maximum absolute atomic E-state index is 14.7. The topological polar surface area (TPSA) is 138 Å². The molecule has 0 unspecified atom stereocenters. The molecule has 286 valence electrons. The molecule has 2 amide bonds. The number of piperazine rings is 1. The lowest BCUT2D eigenvalue weighted by Gasteiger charge is -2.38. The second kappa shape index (κ2) is 15.8. The van der Waals surface area contributed by atoms with Crippen LogP contribution in [0.2, 0.25) is 0 Å². The number of amides is 2. The number of hydrogen-bond acceptors (Lipinski definition) is 8. The number of aromatic carboxylic acids is 1. The van der Waals surface area contributed by atoms with E-state index in [2.05, 4.69) is 5.32 Å². The van der Waals surface area contributed by atoms with E-state index in [9.17, 15) is 51.2 Å². The number of benzene rings is 4. The van der Waals surface area contributed by atoms with Crippen molar-refractivity contribution in [1.82, 2.24) is 5.32 Å². The van der Waals surface area contributed by atoms with Crippen LogP contribution in [0.1, 0.15) is 34.0 Å². The van der Waals surface area contributed by atoms with Gasteiger partial charge in [0.2, 0.25) is 0 Å². The summed E-state index contributed by atoms with van der Waals surface area (Å²) in [6.45, 7) is 1.72. The van der Waals surface area contributed by atoms with E-state index in [1.165, 1.54) is 54.5 Å². The molecule has 1 saturated heterocycles. The lowest BCUT2D eigenvalue weighted by Crippen LogP contribution is -2.47. The SMILES string of the molecule is CCNC(=O)N(Cc1cccc(OC)c1Oc1ccc([N+](=O)[O-])cc1C(=O)O)c1ccc(N2CCN(c3cccc(C(F)(F)F)c3)CC2)c(C(F)(F)F)c1. The molecule has 0 spiro atoms. The van der Waals surface area contributed by atoms with Gasteiger partial charge in [-0.25, -0.2) is 9.59 Å². The lowest BCUT2D eigenvalue weighted by atomic mass is 10.1. The van der Waals surface area contributed by atoms with Crippen LogP contribution in [0.15, 0.2) is 78.9 Å². The van der Waals surface area contributed by atoms with Crippen molar-refractivity contribution in [2.75, 3.05) is 54.5 Å². The number of ether oxygens (including phenoxy) is 2. The van der Waals surface area contributed by atoms with E-state index in [1.54, 1.807) is 11.8 Å². The van der Waals surface area contributed by atoms with E-state index >= 15 is 0 Å². The van der Waals surface area contributed by atoms with Crippen LogP contribution in [-0.4, -0.2) is 61.9 Å². The summed E-state index contributed by atoms with van der Waals surface area (Å²) in [6, 6.07) is 14.7. The molecule has 1 aliphatic rings. The Morgan fingerprint density at radius 2 is 1.57 bits per heavy atom. The van der Waals surface area contributed by atoms with E-state index in [-0.39, 0.29) is 66.9 Å². The number of non-ortho nitro benzene ring substituents is 1. The largest absolute Gasteiger partial charge is 0.493 e. The van der Waals surface area contributed by atoms with Gasteiger partial charge in [0, 0.05) is 67.5 Å². The predicted octanol–water partition coefficient (Wildman–Crippen LogP) is 8.19. The number of urea groups is 1. The first-order valence-corrected chi connectivity index (χ1v) is 16.3. The highest BCUT2D eigenvalue weighted by atomic mass is 19.4. The van der Waals surface area contributed by atoms with Gasteiger partial charge in [-0.15, -0.1) is 0 Å². The number of alkyl halides is 6. The van der Waals surface area contributed by atoms with Gasteiger partial charge >= 0.3 is 24.4 Å². The zero-order chi connectivity index (χ0) is 39.4. The number of para-hydroxylation sites is 1. The summed E-state index contributed by atoms with van der Waals surface area (Å²) in [5.41, 5.74) is -2.82. The molecule has 0 aromatic heterocycles. The van der Waals surface area contributed by atoms with Gasteiger partial charge < -0.3 is 29.7 Å². The summed E-state index contributed by atoms with van der Waals surface area (Å²) in [5, 5.41) is 23.6. The highest BCUT2D eigenvalue weighted by molar-refractivity contribution is 5.93. The summed E-state index contributed by atoms with van der Waals surface area (Å²) < 4.78 is 95.4. The molecule has 1 fully saturated rings. The minimum Gasteiger partial charge on any atom is -0.493 e. The van der Waals surface area contributed by atoms with E-state index in [0.29, 0.717) is 5.69 Å². The first-order chi connectivity index (χ1) is 25.5. The fourth-order valence-electron chi connectivity index (χ4n) is 5.94. The van der Waals surface area contributed by atoms with Crippen molar-refractivity contribution in [2.24, 2.45) is 0 Å². The van der Waals surface area contributed by atoms with Gasteiger partial charge in [-0.05, 0) is 55.5 Å². The molecule has 0 bridgehead atoms. The fourth-order valence-corrected chi connectivity index (χ4v) is 5.94. The summed E-state index contributed by atoms with van der Waals surface area (Å²) in [6.07, 6.45) is -9.44. The van der Waals surface area contributed by atoms with Crippen molar-refractivity contribution in [3.8, 4) is 17.2 Å². The van der Waals surface area contributed by atoms with Crippen molar-refractivity contribution in [1.29, 1.82) is 0 Å². The van der Waals surface area contributed by atoms with Crippen LogP contribution in [0.3, 0.4) is 0 Å². The number of carboxylic acids is 1. The molecular formula is C36H33F6N5O7. The summed E-state index contributed by atoms with van der Waals surface area (Å²) in [5.74, 6) is -1.88. The third kappa shape index (κ3) is 8.70. The molecule has 12 nitrogen and oxygen atoms in total. The average molecular weight is 762 g/mol. The average Bonchev–Trinajstić information content (AvgIpc) is 3.13. The molecule has 4 aromatic carbocycles. The van der Waals surface area contributed by atoms with Crippen LogP contribution >= 0.6 is 0 Å². The molecule has 2 N–H and O–H groups in total. The normalized spacial score (nSPS) is 13.3. The number of methoxy groups -OCH3 is 1. The van der Waals surface area contributed by atoms with E-state index in [0.717, 1.165) is 41.3 Å². The maximum Gasteiger partial charge on any atom is 0.418 e. The zero-order valence-corrected chi connectivity index (χ0v) is 28.7. The van der Waals surface area contributed by atoms with E-state index < -0.39 is 58.2 Å². The smallest absolute Gasteiger partial charge is 0.418 e. The number of nitro groups is 1. The van der Waals surface area contributed by atoms with Gasteiger partial charge in [-0.1, -0.05) is 18.2 Å². The Hall–Kier alpha value is -6.20. The Labute approximate surface area is 304 Å². The van der Waals surface area contributed by atoms with Gasteiger partial charge in [-0.2, -0.15) is 26.3 Å². The number of carboxylic acid groups (broad SMARTS) is 1. The lowest BCUT2D eigenvalue weighted by molar-refractivity contribution is -0.384. The van der Waals surface area contributed by atoms with Gasteiger partial charge in [0.15, 0.2) is 11.5 Å². The Kier molecular flexibility index (Phi) is 11.4. The first-order valence-electron chi connectivity index (χ1n) is 16.3. The van der Waals surface area contributed by atoms with Crippen LogP contribution in [0.4, 0.5) is 53.9 Å². The number of nitro benzene ring substituents is 1. The van der Waals surface area contributed by atoms with Crippen LogP contribution in [0, 0.1) is 10.1 Å². The summed E-state index contributed by atoms with van der Waals surface area (Å²) in [4.78, 5) is 40.1. The van der Waals surface area contributed by atoms with Crippen LogP contribution < -0.4 is 29.5 Å². The van der Waals surface area contributed by atoms with Crippen molar-refractivity contribution in [3.63, 3.8) is 0 Å². The number of nitrogens with zero attached hydrogens (tertiary/aromatic N) is 4. The second-order valence-electron chi connectivity index (χ2n) is 11.9. The van der Waals surface area contributed by atoms with Gasteiger partial charge in [0.1, 0.15) is 11.3 Å². The van der Waals surface area contributed by atoms with E-state index in [1.807, 2.05) is 0 Å². The molecule has 0 radical (unpaired) electrons. The Bertz CT molecular complexity index is 2030. The standard InChI is InChI=1S/C36H33F6N5O7/c1-3-43-34(50)46(21-22-6-4-9-31(53-2)32(22)54-30-13-11-26(47(51)52)19-27(30)33(48)49)25-10-12-29(28(20-25)36(40,41)42)45-16-14-44(15-17-45)24-8-5-7-23(18-24)35(37,38)39/h4-13,18-20H,3,14-17,21H2,1-2H3,(H,43,50)(H,48,49). The number of hydrogen-bond donors (Lipinski definition) is 2. The number of nitrogens with one attached hydrogen (secondary N) is 1. The summed E-state index contributed by atoms with van der Waals surface area (Å²) >= 11 is 0. The minimum absolute atomic E-state index is 0.0597. The van der Waals surface area contributed by atoms with Gasteiger partial charge in [-0.3, -0.25) is 15.0 Å². The highest BCUT2D eigenvalue weighted by Gasteiger charge is 2.37. The number of carbonyl (C=O) groups excluding carboxylic acids is 1. The number of rotatable bonds is 11. The summed E-state index contributed by atoms with van der Waals surface area (Å²) in [7, 11) is 1.29. The van der Waals surface area contributed by atoms with Gasteiger partial charge in [0.25, 0.3) is 5.69 Å².